The van der Waals surface area contributed by atoms with Crippen LogP contribution in [-0.4, -0.2) is 24.1 Å². The minimum absolute atomic E-state index is 0.00261. The van der Waals surface area contributed by atoms with Crippen LogP contribution in [-0.2, 0) is 19.1 Å². The summed E-state index contributed by atoms with van der Waals surface area (Å²) in [7, 11) is 0. The van der Waals surface area contributed by atoms with E-state index in [9.17, 15) is 9.59 Å². The number of carbonyl (C=O) groups excluding carboxylic acids is 2. The molecule has 0 heterocycles. The van der Waals surface area contributed by atoms with Crippen molar-refractivity contribution in [2.75, 3.05) is 0 Å². The summed E-state index contributed by atoms with van der Waals surface area (Å²) in [5.41, 5.74) is 0. The summed E-state index contributed by atoms with van der Waals surface area (Å²) in [6.45, 7) is 12.0. The van der Waals surface area contributed by atoms with E-state index in [-0.39, 0.29) is 24.1 Å². The van der Waals surface area contributed by atoms with Crippen LogP contribution in [0.1, 0.15) is 119 Å². The van der Waals surface area contributed by atoms with Crippen LogP contribution in [0, 0.1) is 11.8 Å². The molecular weight excluding hydrogens is 352 g/mol. The molecule has 0 fully saturated rings. The maximum Gasteiger partial charge on any atom is 0.306 e. The lowest BCUT2D eigenvalue weighted by Crippen LogP contribution is -2.19. The van der Waals surface area contributed by atoms with Gasteiger partial charge in [0.25, 0.3) is 0 Å². The lowest BCUT2D eigenvalue weighted by atomic mass is 9.87. The highest BCUT2D eigenvalue weighted by molar-refractivity contribution is 5.70. The topological polar surface area (TPSA) is 52.6 Å². The molecule has 0 aliphatic rings. The second-order valence-electron chi connectivity index (χ2n) is 9.01. The van der Waals surface area contributed by atoms with E-state index < -0.39 is 0 Å². The smallest absolute Gasteiger partial charge is 0.306 e. The number of ether oxygens (including phenoxy) is 2. The molecule has 0 amide bonds. The molecule has 4 nitrogen and oxygen atoms in total. The van der Waals surface area contributed by atoms with Gasteiger partial charge in [-0.2, -0.15) is 0 Å². The number of hydrogen-bond acceptors (Lipinski definition) is 4. The molecule has 0 aliphatic carbocycles. The molecule has 0 radical (unpaired) electrons. The van der Waals surface area contributed by atoms with Crippen molar-refractivity contribution in [2.45, 2.75) is 131 Å². The van der Waals surface area contributed by atoms with Gasteiger partial charge in [-0.05, 0) is 52.4 Å². The van der Waals surface area contributed by atoms with E-state index in [1.54, 1.807) is 0 Å². The summed E-state index contributed by atoms with van der Waals surface area (Å²) in [5, 5.41) is 0. The first kappa shape index (κ1) is 26.9. The van der Waals surface area contributed by atoms with Crippen LogP contribution in [0.15, 0.2) is 0 Å². The van der Waals surface area contributed by atoms with Gasteiger partial charge in [-0.1, -0.05) is 65.2 Å². The van der Waals surface area contributed by atoms with Crippen molar-refractivity contribution in [1.29, 1.82) is 0 Å². The first-order valence-corrected chi connectivity index (χ1v) is 11.6. The van der Waals surface area contributed by atoms with E-state index in [2.05, 4.69) is 13.8 Å². The molecule has 1 atom stereocenters. The Hall–Kier alpha value is -1.06. The predicted molar refractivity (Wildman–Crippen MR) is 116 cm³/mol. The maximum atomic E-state index is 11.9. The summed E-state index contributed by atoms with van der Waals surface area (Å²) in [5.74, 6) is 0.851. The molecule has 0 aromatic rings. The van der Waals surface area contributed by atoms with Crippen molar-refractivity contribution in [3.63, 3.8) is 0 Å². The van der Waals surface area contributed by atoms with Crippen LogP contribution >= 0.6 is 0 Å². The van der Waals surface area contributed by atoms with Crippen LogP contribution in [0.2, 0.25) is 0 Å². The average Bonchev–Trinajstić information content (AvgIpc) is 2.56. The van der Waals surface area contributed by atoms with Crippen molar-refractivity contribution in [2.24, 2.45) is 11.8 Å². The lowest BCUT2D eigenvalue weighted by Gasteiger charge is -2.20. The summed E-state index contributed by atoms with van der Waals surface area (Å²) in [6.07, 6.45) is 13.1. The van der Waals surface area contributed by atoms with Crippen LogP contribution in [0.25, 0.3) is 0 Å². The molecule has 4 heteroatoms. The summed E-state index contributed by atoms with van der Waals surface area (Å²) in [4.78, 5) is 23.3. The second-order valence-corrected chi connectivity index (χ2v) is 9.01. The molecule has 28 heavy (non-hydrogen) atoms. The molecule has 0 aromatic heterocycles. The van der Waals surface area contributed by atoms with Gasteiger partial charge in [0.1, 0.15) is 0 Å². The second kappa shape index (κ2) is 16.9. The van der Waals surface area contributed by atoms with Gasteiger partial charge < -0.3 is 9.47 Å². The van der Waals surface area contributed by atoms with Crippen molar-refractivity contribution in [1.82, 2.24) is 0 Å². The van der Waals surface area contributed by atoms with E-state index in [0.717, 1.165) is 19.3 Å². The average molecular weight is 399 g/mol. The maximum absolute atomic E-state index is 11.9. The first-order valence-electron chi connectivity index (χ1n) is 11.6. The third-order valence-corrected chi connectivity index (χ3v) is 5.06. The normalized spacial score (nSPS) is 12.6. The Balaban J connectivity index is 3.58. The van der Waals surface area contributed by atoms with Crippen molar-refractivity contribution in [3.05, 3.63) is 0 Å². The molecule has 0 aromatic carbocycles. The Bertz CT molecular complexity index is 401. The summed E-state index contributed by atoms with van der Waals surface area (Å²) < 4.78 is 10.4. The van der Waals surface area contributed by atoms with E-state index in [1.807, 2.05) is 27.7 Å². The number of carbonyl (C=O) groups is 2. The van der Waals surface area contributed by atoms with E-state index >= 15 is 0 Å². The Kier molecular flexibility index (Phi) is 16.2. The minimum atomic E-state index is -0.0628. The monoisotopic (exact) mass is 398 g/mol. The fraction of sp³-hybridized carbons (Fsp3) is 0.917. The third-order valence-electron chi connectivity index (χ3n) is 5.06. The highest BCUT2D eigenvalue weighted by Crippen LogP contribution is 2.23. The number of unbranched alkanes of at least 4 members (excludes halogenated alkanes) is 8. The van der Waals surface area contributed by atoms with Crippen molar-refractivity contribution in [3.8, 4) is 0 Å². The quantitative estimate of drug-likeness (QED) is 0.199. The van der Waals surface area contributed by atoms with Crippen LogP contribution in [0.5, 0.6) is 0 Å². The zero-order valence-corrected chi connectivity index (χ0v) is 19.4. The molecule has 0 bridgehead atoms. The zero-order valence-electron chi connectivity index (χ0n) is 19.4. The third kappa shape index (κ3) is 17.1. The molecule has 0 aliphatic heterocycles. The van der Waals surface area contributed by atoms with Gasteiger partial charge in [0.05, 0.1) is 12.2 Å². The van der Waals surface area contributed by atoms with E-state index in [1.165, 1.54) is 44.9 Å². The predicted octanol–water partition coefficient (Wildman–Crippen LogP) is 6.84. The first-order chi connectivity index (χ1) is 13.2. The standard InChI is InChI=1S/C24H46O4/c1-19(2)22(18-24(26)28-21(5)6)16-14-12-10-8-7-9-11-13-15-17-23(25)27-20(3)4/h19-22H,7-18H2,1-6H3. The van der Waals surface area contributed by atoms with Gasteiger partial charge in [0, 0.05) is 12.8 Å². The fourth-order valence-corrected chi connectivity index (χ4v) is 3.43. The molecule has 166 valence electrons. The Morgan fingerprint density at radius 1 is 0.607 bits per heavy atom. The van der Waals surface area contributed by atoms with Gasteiger partial charge >= 0.3 is 11.9 Å². The van der Waals surface area contributed by atoms with Gasteiger partial charge in [-0.3, -0.25) is 9.59 Å². The van der Waals surface area contributed by atoms with E-state index in [0.29, 0.717) is 24.7 Å². The zero-order chi connectivity index (χ0) is 21.4. The van der Waals surface area contributed by atoms with Gasteiger partial charge in [-0.15, -0.1) is 0 Å². The van der Waals surface area contributed by atoms with Crippen LogP contribution < -0.4 is 0 Å². The van der Waals surface area contributed by atoms with Crippen LogP contribution in [0.4, 0.5) is 0 Å². The Morgan fingerprint density at radius 3 is 1.50 bits per heavy atom. The number of rotatable bonds is 17. The molecular formula is C24H46O4. The minimum Gasteiger partial charge on any atom is -0.463 e. The Labute approximate surface area is 174 Å². The van der Waals surface area contributed by atoms with Gasteiger partial charge in [0.15, 0.2) is 0 Å². The molecule has 0 spiro atoms. The molecule has 0 rings (SSSR count). The SMILES string of the molecule is CC(C)OC(=O)CCCCCCCCCCCC(CC(=O)OC(C)C)C(C)C. The van der Waals surface area contributed by atoms with Gasteiger partial charge in [0.2, 0.25) is 0 Å². The lowest BCUT2D eigenvalue weighted by molar-refractivity contribution is -0.149. The van der Waals surface area contributed by atoms with Crippen molar-refractivity contribution < 1.29 is 19.1 Å². The molecule has 1 unspecified atom stereocenters. The molecule has 0 saturated carbocycles. The van der Waals surface area contributed by atoms with Crippen LogP contribution in [0.3, 0.4) is 0 Å². The highest BCUT2D eigenvalue weighted by atomic mass is 16.5. The Morgan fingerprint density at radius 2 is 1.04 bits per heavy atom. The summed E-state index contributed by atoms with van der Waals surface area (Å²) >= 11 is 0. The van der Waals surface area contributed by atoms with Gasteiger partial charge in [-0.25, -0.2) is 0 Å². The molecule has 0 saturated heterocycles. The van der Waals surface area contributed by atoms with E-state index in [4.69, 9.17) is 9.47 Å². The molecule has 0 N–H and O–H groups in total. The summed E-state index contributed by atoms with van der Waals surface area (Å²) in [6, 6.07) is 0. The van der Waals surface area contributed by atoms with Crippen molar-refractivity contribution >= 4 is 11.9 Å². The highest BCUT2D eigenvalue weighted by Gasteiger charge is 2.18. The fourth-order valence-electron chi connectivity index (χ4n) is 3.43. The largest absolute Gasteiger partial charge is 0.463 e. The number of hydrogen-bond donors (Lipinski definition) is 0. The number of esters is 2.